The number of hydrogen-bond donors (Lipinski definition) is 1. The molecular weight excluding hydrogens is 330 g/mol. The zero-order valence-corrected chi connectivity index (χ0v) is 14.9. The molecule has 0 fully saturated rings. The summed E-state index contributed by atoms with van der Waals surface area (Å²) in [5.41, 5.74) is 3.29. The summed E-state index contributed by atoms with van der Waals surface area (Å²) in [6, 6.07) is 12.8. The Morgan fingerprint density at radius 3 is 2.65 bits per heavy atom. The highest BCUT2D eigenvalue weighted by Crippen LogP contribution is 2.16. The van der Waals surface area contributed by atoms with Crippen LogP contribution in [-0.2, 0) is 16.1 Å². The van der Waals surface area contributed by atoms with E-state index >= 15 is 0 Å². The zero-order valence-electron chi connectivity index (χ0n) is 14.9. The lowest BCUT2D eigenvalue weighted by Crippen LogP contribution is -2.15. The molecule has 3 rings (SSSR count). The number of nitrogens with one attached hydrogen (secondary N) is 1. The highest BCUT2D eigenvalue weighted by molar-refractivity contribution is 5.93. The molecule has 1 N–H and O–H groups in total. The Labute approximate surface area is 151 Å². The van der Waals surface area contributed by atoms with E-state index in [1.165, 1.54) is 0 Å². The lowest BCUT2D eigenvalue weighted by Gasteiger charge is -2.07. The smallest absolute Gasteiger partial charge is 0.338 e. The molecule has 1 heterocycles. The van der Waals surface area contributed by atoms with Crippen molar-refractivity contribution in [2.24, 2.45) is 0 Å². The van der Waals surface area contributed by atoms with Crippen LogP contribution in [-0.4, -0.2) is 28.3 Å². The topological polar surface area (TPSA) is 73.2 Å². The second kappa shape index (κ2) is 7.82. The number of nitrogens with zero attached hydrogens (tertiary/aromatic N) is 2. The number of rotatable bonds is 6. The van der Waals surface area contributed by atoms with Gasteiger partial charge in [-0.1, -0.05) is 12.1 Å². The molecule has 0 aliphatic heterocycles. The van der Waals surface area contributed by atoms with E-state index in [4.69, 9.17) is 4.74 Å². The van der Waals surface area contributed by atoms with Gasteiger partial charge in [-0.25, -0.2) is 4.79 Å². The van der Waals surface area contributed by atoms with Crippen molar-refractivity contribution >= 4 is 28.5 Å². The number of esters is 1. The summed E-state index contributed by atoms with van der Waals surface area (Å²) >= 11 is 0. The van der Waals surface area contributed by atoms with E-state index < -0.39 is 0 Å². The fraction of sp³-hybridized carbons (Fsp3) is 0.250. The molecule has 0 aliphatic rings. The van der Waals surface area contributed by atoms with E-state index in [2.05, 4.69) is 16.5 Å². The Bertz CT molecular complexity index is 929. The first-order valence-electron chi connectivity index (χ1n) is 8.56. The molecule has 0 bridgehead atoms. The van der Waals surface area contributed by atoms with Gasteiger partial charge in [0, 0.05) is 17.5 Å². The Balaban J connectivity index is 1.58. The van der Waals surface area contributed by atoms with Gasteiger partial charge < -0.3 is 10.1 Å². The minimum Gasteiger partial charge on any atom is -0.462 e. The van der Waals surface area contributed by atoms with Gasteiger partial charge in [-0.3, -0.25) is 9.48 Å². The highest BCUT2D eigenvalue weighted by Gasteiger charge is 2.09. The number of ether oxygens (including phenoxy) is 1. The van der Waals surface area contributed by atoms with Gasteiger partial charge >= 0.3 is 5.97 Å². The Kier molecular flexibility index (Phi) is 5.31. The maximum Gasteiger partial charge on any atom is 0.338 e. The number of aromatic nitrogens is 2. The average molecular weight is 351 g/mol. The minimum atomic E-state index is -0.369. The molecule has 0 atom stereocenters. The summed E-state index contributed by atoms with van der Waals surface area (Å²) in [5.74, 6) is -0.476. The summed E-state index contributed by atoms with van der Waals surface area (Å²) in [7, 11) is 0. The van der Waals surface area contributed by atoms with Gasteiger partial charge in [-0.05, 0) is 49.7 Å². The van der Waals surface area contributed by atoms with Gasteiger partial charge in [0.2, 0.25) is 5.91 Å². The SMILES string of the molecule is CCOC(=O)c1ccc(NC(=O)CCn2ncc3ccc(C)cc32)cc1. The van der Waals surface area contributed by atoms with Crippen LogP contribution >= 0.6 is 0 Å². The van der Waals surface area contributed by atoms with Crippen LogP contribution in [0.2, 0.25) is 0 Å². The van der Waals surface area contributed by atoms with Crippen LogP contribution in [0.4, 0.5) is 5.69 Å². The second-order valence-corrected chi connectivity index (χ2v) is 6.03. The maximum atomic E-state index is 12.2. The quantitative estimate of drug-likeness (QED) is 0.689. The largest absolute Gasteiger partial charge is 0.462 e. The van der Waals surface area contributed by atoms with Crippen LogP contribution in [0.1, 0.15) is 29.3 Å². The van der Waals surface area contributed by atoms with Crippen LogP contribution in [0.25, 0.3) is 10.9 Å². The summed E-state index contributed by atoms with van der Waals surface area (Å²) in [6.07, 6.45) is 2.12. The van der Waals surface area contributed by atoms with E-state index in [0.29, 0.717) is 30.8 Å². The lowest BCUT2D eigenvalue weighted by molar-refractivity contribution is -0.116. The first-order chi connectivity index (χ1) is 12.6. The molecule has 0 radical (unpaired) electrons. The summed E-state index contributed by atoms with van der Waals surface area (Å²) < 4.78 is 6.78. The van der Waals surface area contributed by atoms with E-state index in [-0.39, 0.29) is 11.9 Å². The van der Waals surface area contributed by atoms with Crippen molar-refractivity contribution in [3.8, 4) is 0 Å². The standard InChI is InChI=1S/C20H21N3O3/c1-3-26-20(25)15-6-8-17(9-7-15)22-19(24)10-11-23-18-12-14(2)4-5-16(18)13-21-23/h4-9,12-13H,3,10-11H2,1-2H3,(H,22,24). The summed E-state index contributed by atoms with van der Waals surface area (Å²) in [5, 5.41) is 8.24. The second-order valence-electron chi connectivity index (χ2n) is 6.03. The summed E-state index contributed by atoms with van der Waals surface area (Å²) in [4.78, 5) is 23.8. The van der Waals surface area contributed by atoms with Crippen molar-refractivity contribution in [1.29, 1.82) is 0 Å². The third-order valence-electron chi connectivity index (χ3n) is 4.03. The molecule has 134 valence electrons. The molecule has 26 heavy (non-hydrogen) atoms. The van der Waals surface area contributed by atoms with Gasteiger partial charge in [0.1, 0.15) is 0 Å². The Hall–Kier alpha value is -3.15. The number of benzene rings is 2. The number of amides is 1. The normalized spacial score (nSPS) is 10.7. The number of carbonyl (C=O) groups excluding carboxylic acids is 2. The molecule has 1 aromatic heterocycles. The van der Waals surface area contributed by atoms with Crippen molar-refractivity contribution in [3.63, 3.8) is 0 Å². The minimum absolute atomic E-state index is 0.106. The van der Waals surface area contributed by atoms with E-state index in [9.17, 15) is 9.59 Å². The van der Waals surface area contributed by atoms with E-state index in [1.807, 2.05) is 23.7 Å². The van der Waals surface area contributed by atoms with Crippen LogP contribution < -0.4 is 5.32 Å². The fourth-order valence-electron chi connectivity index (χ4n) is 2.69. The highest BCUT2D eigenvalue weighted by atomic mass is 16.5. The molecular formula is C20H21N3O3. The van der Waals surface area contributed by atoms with Crippen molar-refractivity contribution in [2.45, 2.75) is 26.8 Å². The van der Waals surface area contributed by atoms with E-state index in [0.717, 1.165) is 16.5 Å². The predicted molar refractivity (Wildman–Crippen MR) is 100 cm³/mol. The average Bonchev–Trinajstić information content (AvgIpc) is 3.03. The number of aryl methyl sites for hydroxylation is 2. The van der Waals surface area contributed by atoms with Crippen LogP contribution in [0, 0.1) is 6.92 Å². The molecule has 1 amide bonds. The van der Waals surface area contributed by atoms with Crippen molar-refractivity contribution in [2.75, 3.05) is 11.9 Å². The molecule has 0 saturated carbocycles. The number of carbonyl (C=O) groups is 2. The maximum absolute atomic E-state index is 12.2. The van der Waals surface area contributed by atoms with Gasteiger partial charge in [0.15, 0.2) is 0 Å². The molecule has 6 nitrogen and oxygen atoms in total. The predicted octanol–water partition coefficient (Wildman–Crippen LogP) is 3.55. The molecule has 0 aliphatic carbocycles. The molecule has 3 aromatic rings. The summed E-state index contributed by atoms with van der Waals surface area (Å²) in [6.45, 7) is 4.62. The molecule has 0 unspecified atom stereocenters. The zero-order chi connectivity index (χ0) is 18.5. The number of anilines is 1. The Morgan fingerprint density at radius 1 is 1.15 bits per heavy atom. The number of fused-ring (bicyclic) bond motifs is 1. The van der Waals surface area contributed by atoms with Gasteiger partial charge in [0.25, 0.3) is 0 Å². The van der Waals surface area contributed by atoms with Crippen molar-refractivity contribution in [1.82, 2.24) is 9.78 Å². The van der Waals surface area contributed by atoms with Crippen LogP contribution in [0.15, 0.2) is 48.7 Å². The number of hydrogen-bond acceptors (Lipinski definition) is 4. The third-order valence-corrected chi connectivity index (χ3v) is 4.03. The van der Waals surface area contributed by atoms with Crippen molar-refractivity contribution < 1.29 is 14.3 Å². The molecule has 0 saturated heterocycles. The van der Waals surface area contributed by atoms with E-state index in [1.54, 1.807) is 37.4 Å². The first-order valence-corrected chi connectivity index (χ1v) is 8.56. The molecule has 0 spiro atoms. The van der Waals surface area contributed by atoms with Crippen molar-refractivity contribution in [3.05, 3.63) is 59.8 Å². The van der Waals surface area contributed by atoms with Gasteiger partial charge in [0.05, 0.1) is 30.4 Å². The lowest BCUT2D eigenvalue weighted by atomic mass is 10.2. The van der Waals surface area contributed by atoms with Crippen LogP contribution in [0.5, 0.6) is 0 Å². The third kappa shape index (κ3) is 4.08. The monoisotopic (exact) mass is 351 g/mol. The molecule has 6 heteroatoms. The van der Waals surface area contributed by atoms with Gasteiger partial charge in [-0.15, -0.1) is 0 Å². The fourth-order valence-corrected chi connectivity index (χ4v) is 2.69. The van der Waals surface area contributed by atoms with Gasteiger partial charge in [-0.2, -0.15) is 5.10 Å². The van der Waals surface area contributed by atoms with Crippen LogP contribution in [0.3, 0.4) is 0 Å². The Morgan fingerprint density at radius 2 is 1.92 bits per heavy atom. The first kappa shape index (κ1) is 17.7. The molecule has 2 aromatic carbocycles.